The largest absolute Gasteiger partial charge is 0.370 e. The van der Waals surface area contributed by atoms with Gasteiger partial charge in [-0.3, -0.25) is 4.99 Å². The van der Waals surface area contributed by atoms with E-state index in [4.69, 9.17) is 10.3 Å². The van der Waals surface area contributed by atoms with Crippen molar-refractivity contribution in [3.05, 3.63) is 11.7 Å². The maximum absolute atomic E-state index is 5.97. The molecule has 18 heavy (non-hydrogen) atoms. The van der Waals surface area contributed by atoms with Crippen LogP contribution in [0.3, 0.4) is 0 Å². The Labute approximate surface area is 107 Å². The van der Waals surface area contributed by atoms with Gasteiger partial charge in [0.05, 0.1) is 6.54 Å². The molecule has 1 saturated heterocycles. The molecule has 0 spiro atoms. The summed E-state index contributed by atoms with van der Waals surface area (Å²) in [6.07, 6.45) is 3.03. The molecule has 1 aliphatic heterocycles. The van der Waals surface area contributed by atoms with Crippen molar-refractivity contribution in [1.29, 1.82) is 0 Å². The molecule has 1 aromatic heterocycles. The Bertz CT molecular complexity index is 406. The summed E-state index contributed by atoms with van der Waals surface area (Å²) in [5.74, 6) is 2.72. The van der Waals surface area contributed by atoms with E-state index in [2.05, 4.69) is 27.0 Å². The van der Waals surface area contributed by atoms with Crippen molar-refractivity contribution in [1.82, 2.24) is 15.0 Å². The van der Waals surface area contributed by atoms with Gasteiger partial charge in [-0.15, -0.1) is 0 Å². The highest BCUT2D eigenvalue weighted by Crippen LogP contribution is 2.15. The fourth-order valence-electron chi connectivity index (χ4n) is 2.05. The molecular weight excluding hydrogens is 230 g/mol. The molecule has 0 aliphatic carbocycles. The van der Waals surface area contributed by atoms with E-state index in [1.54, 1.807) is 6.92 Å². The Hall–Kier alpha value is -1.59. The number of aryl methyl sites for hydroxylation is 1. The zero-order chi connectivity index (χ0) is 13.0. The van der Waals surface area contributed by atoms with Gasteiger partial charge >= 0.3 is 0 Å². The Balaban J connectivity index is 1.78. The van der Waals surface area contributed by atoms with Crippen LogP contribution >= 0.6 is 0 Å². The number of aliphatic imine (C=N–C) groups is 1. The first-order chi connectivity index (χ1) is 8.65. The third-order valence-corrected chi connectivity index (χ3v) is 3.28. The van der Waals surface area contributed by atoms with Crippen LogP contribution in [0.4, 0.5) is 0 Å². The van der Waals surface area contributed by atoms with E-state index in [-0.39, 0.29) is 0 Å². The first-order valence-corrected chi connectivity index (χ1v) is 6.49. The number of hydrogen-bond donors (Lipinski definition) is 1. The van der Waals surface area contributed by atoms with Gasteiger partial charge in [-0.25, -0.2) is 0 Å². The number of nitrogens with two attached hydrogens (primary N) is 1. The number of aromatic nitrogens is 2. The summed E-state index contributed by atoms with van der Waals surface area (Å²) in [5, 5.41) is 3.74. The van der Waals surface area contributed by atoms with Gasteiger partial charge in [0.25, 0.3) is 0 Å². The third kappa shape index (κ3) is 3.45. The van der Waals surface area contributed by atoms with Crippen molar-refractivity contribution < 1.29 is 4.52 Å². The first kappa shape index (κ1) is 12.9. The number of rotatable bonds is 3. The molecule has 2 rings (SSSR count). The maximum atomic E-state index is 5.97. The standard InChI is InChI=1S/C12H21N5O/c1-9-4-7-17(8-5-9)12(13)14-6-3-11-15-10(2)16-18-11/h9H,3-8H2,1-2H3,(H2,13,14). The fraction of sp³-hybridized carbons (Fsp3) is 0.750. The molecular formula is C12H21N5O. The molecule has 0 aromatic carbocycles. The van der Waals surface area contributed by atoms with E-state index in [9.17, 15) is 0 Å². The molecule has 100 valence electrons. The van der Waals surface area contributed by atoms with Crippen LogP contribution in [-0.4, -0.2) is 40.6 Å². The van der Waals surface area contributed by atoms with E-state index in [1.807, 2.05) is 0 Å². The summed E-state index contributed by atoms with van der Waals surface area (Å²) in [4.78, 5) is 10.7. The molecule has 0 atom stereocenters. The Morgan fingerprint density at radius 3 is 2.83 bits per heavy atom. The summed E-state index contributed by atoms with van der Waals surface area (Å²) < 4.78 is 5.02. The van der Waals surface area contributed by atoms with E-state index >= 15 is 0 Å². The predicted octanol–water partition coefficient (Wildman–Crippen LogP) is 0.967. The molecule has 1 aromatic rings. The molecule has 2 N–H and O–H groups in total. The van der Waals surface area contributed by atoms with Crippen molar-refractivity contribution in [2.45, 2.75) is 33.1 Å². The van der Waals surface area contributed by atoms with Crippen LogP contribution < -0.4 is 5.73 Å². The summed E-state index contributed by atoms with van der Waals surface area (Å²) in [6, 6.07) is 0. The molecule has 0 amide bonds. The summed E-state index contributed by atoms with van der Waals surface area (Å²) in [6.45, 7) is 6.70. The predicted molar refractivity (Wildman–Crippen MR) is 69.2 cm³/mol. The third-order valence-electron chi connectivity index (χ3n) is 3.28. The SMILES string of the molecule is Cc1noc(CCN=C(N)N2CCC(C)CC2)n1. The minimum atomic E-state index is 0.597. The van der Waals surface area contributed by atoms with Gasteiger partial charge in [0, 0.05) is 19.5 Å². The summed E-state index contributed by atoms with van der Waals surface area (Å²) >= 11 is 0. The molecule has 6 heteroatoms. The number of hydrogen-bond acceptors (Lipinski definition) is 4. The average molecular weight is 251 g/mol. The van der Waals surface area contributed by atoms with E-state index in [0.717, 1.165) is 19.0 Å². The van der Waals surface area contributed by atoms with Crippen LogP contribution in [0, 0.1) is 12.8 Å². The first-order valence-electron chi connectivity index (χ1n) is 6.49. The number of piperidine rings is 1. The van der Waals surface area contributed by atoms with Gasteiger partial charge in [-0.1, -0.05) is 12.1 Å². The zero-order valence-electron chi connectivity index (χ0n) is 11.1. The molecule has 0 saturated carbocycles. The second-order valence-electron chi connectivity index (χ2n) is 4.89. The lowest BCUT2D eigenvalue weighted by Gasteiger charge is -2.30. The second-order valence-corrected chi connectivity index (χ2v) is 4.89. The minimum absolute atomic E-state index is 0.597. The Morgan fingerprint density at radius 1 is 1.50 bits per heavy atom. The van der Waals surface area contributed by atoms with Gasteiger partial charge in [-0.2, -0.15) is 4.98 Å². The monoisotopic (exact) mass is 251 g/mol. The van der Waals surface area contributed by atoms with Crippen molar-refractivity contribution in [3.8, 4) is 0 Å². The van der Waals surface area contributed by atoms with Gasteiger partial charge < -0.3 is 15.2 Å². The molecule has 0 bridgehead atoms. The lowest BCUT2D eigenvalue weighted by molar-refractivity contribution is 0.277. The van der Waals surface area contributed by atoms with Gasteiger partial charge in [0.15, 0.2) is 11.8 Å². The highest BCUT2D eigenvalue weighted by Gasteiger charge is 2.16. The minimum Gasteiger partial charge on any atom is -0.370 e. The normalized spacial score (nSPS) is 18.3. The molecule has 2 heterocycles. The van der Waals surface area contributed by atoms with Crippen LogP contribution in [0.25, 0.3) is 0 Å². The number of nitrogens with zero attached hydrogens (tertiary/aromatic N) is 4. The van der Waals surface area contributed by atoms with Crippen molar-refractivity contribution in [2.75, 3.05) is 19.6 Å². The van der Waals surface area contributed by atoms with Crippen molar-refractivity contribution in [3.63, 3.8) is 0 Å². The second kappa shape index (κ2) is 5.84. The molecule has 0 unspecified atom stereocenters. The average Bonchev–Trinajstić information content (AvgIpc) is 2.76. The molecule has 6 nitrogen and oxygen atoms in total. The van der Waals surface area contributed by atoms with Crippen LogP contribution in [0.1, 0.15) is 31.5 Å². The van der Waals surface area contributed by atoms with Gasteiger partial charge in [0.1, 0.15) is 0 Å². The Kier molecular flexibility index (Phi) is 4.17. The quantitative estimate of drug-likeness (QED) is 0.639. The van der Waals surface area contributed by atoms with E-state index < -0.39 is 0 Å². The highest BCUT2D eigenvalue weighted by molar-refractivity contribution is 5.78. The van der Waals surface area contributed by atoms with Crippen LogP contribution in [0.2, 0.25) is 0 Å². The summed E-state index contributed by atoms with van der Waals surface area (Å²) in [5.41, 5.74) is 5.97. The molecule has 1 fully saturated rings. The van der Waals surface area contributed by atoms with E-state index in [1.165, 1.54) is 12.8 Å². The van der Waals surface area contributed by atoms with Crippen LogP contribution in [0.5, 0.6) is 0 Å². The van der Waals surface area contributed by atoms with E-state index in [0.29, 0.717) is 30.6 Å². The Morgan fingerprint density at radius 2 is 2.22 bits per heavy atom. The smallest absolute Gasteiger partial charge is 0.228 e. The lowest BCUT2D eigenvalue weighted by Crippen LogP contribution is -2.42. The van der Waals surface area contributed by atoms with Crippen molar-refractivity contribution >= 4 is 5.96 Å². The highest BCUT2D eigenvalue weighted by atomic mass is 16.5. The fourth-order valence-corrected chi connectivity index (χ4v) is 2.05. The van der Waals surface area contributed by atoms with Crippen molar-refractivity contribution in [2.24, 2.45) is 16.6 Å². The topological polar surface area (TPSA) is 80.5 Å². The van der Waals surface area contributed by atoms with Gasteiger partial charge in [0.2, 0.25) is 5.89 Å². The number of likely N-dealkylation sites (tertiary alicyclic amines) is 1. The van der Waals surface area contributed by atoms with Crippen LogP contribution in [0.15, 0.2) is 9.52 Å². The lowest BCUT2D eigenvalue weighted by atomic mass is 10.00. The maximum Gasteiger partial charge on any atom is 0.228 e. The summed E-state index contributed by atoms with van der Waals surface area (Å²) in [7, 11) is 0. The van der Waals surface area contributed by atoms with Gasteiger partial charge in [-0.05, 0) is 25.7 Å². The zero-order valence-corrected chi connectivity index (χ0v) is 11.1. The number of guanidine groups is 1. The molecule has 1 aliphatic rings. The van der Waals surface area contributed by atoms with Crippen LogP contribution in [-0.2, 0) is 6.42 Å². The molecule has 0 radical (unpaired) electrons.